The number of aromatic nitrogens is 3. The molecule has 1 aromatic carbocycles. The first-order valence-electron chi connectivity index (χ1n) is 10.4. The summed E-state index contributed by atoms with van der Waals surface area (Å²) in [6.45, 7) is 2.46. The fraction of sp³-hybridized carbons (Fsp3) is 0.524. The maximum atomic E-state index is 12.9. The molecule has 9 nitrogen and oxygen atoms in total. The molecule has 1 unspecified atom stereocenters. The molecule has 2 aliphatic heterocycles. The number of nitrogens with zero attached hydrogens (tertiary/aromatic N) is 5. The molecule has 4 rings (SSSR count). The molecular formula is C21H27ClN6O3. The van der Waals surface area contributed by atoms with Gasteiger partial charge in [0.15, 0.2) is 0 Å². The van der Waals surface area contributed by atoms with Crippen LogP contribution in [0.1, 0.15) is 29.8 Å². The summed E-state index contributed by atoms with van der Waals surface area (Å²) < 4.78 is 8.15. The highest BCUT2D eigenvalue weighted by Gasteiger charge is 2.42. The number of hydrogen-bond acceptors (Lipinski definition) is 5. The number of nitrogens with one attached hydrogen (secondary N) is 1. The lowest BCUT2D eigenvalue weighted by Crippen LogP contribution is -2.56. The number of rotatable bonds is 4. The van der Waals surface area contributed by atoms with Crippen molar-refractivity contribution in [2.45, 2.75) is 44.6 Å². The number of carbonyl (C=O) groups excluding carboxylic acids is 2. The molecule has 0 radical (unpaired) electrons. The minimum absolute atomic E-state index is 0.0847. The van der Waals surface area contributed by atoms with Crippen molar-refractivity contribution in [3.05, 3.63) is 46.2 Å². The zero-order valence-corrected chi connectivity index (χ0v) is 18.6. The van der Waals surface area contributed by atoms with Gasteiger partial charge in [0.05, 0.1) is 38.4 Å². The standard InChI is InChI=1S/C21H27ClN6O3/c1-26(2)20(30)23-11-17-18-12-31-21(14-28(18)25-24-17)8-3-9-27(13-21)19(29)10-15-4-6-16(22)7-5-15/h4-7H,3,8-14H2,1-2H3,(H,23,30). The van der Waals surface area contributed by atoms with Crippen LogP contribution in [0.25, 0.3) is 0 Å². The molecule has 10 heteroatoms. The number of halogens is 1. The Bertz CT molecular complexity index is 961. The van der Waals surface area contributed by atoms with Crippen molar-refractivity contribution in [1.82, 2.24) is 30.1 Å². The van der Waals surface area contributed by atoms with E-state index >= 15 is 0 Å². The van der Waals surface area contributed by atoms with E-state index in [0.29, 0.717) is 43.4 Å². The van der Waals surface area contributed by atoms with Gasteiger partial charge in [-0.25, -0.2) is 9.48 Å². The van der Waals surface area contributed by atoms with Crippen molar-refractivity contribution >= 4 is 23.5 Å². The van der Waals surface area contributed by atoms with E-state index in [1.165, 1.54) is 4.90 Å². The highest BCUT2D eigenvalue weighted by molar-refractivity contribution is 6.30. The van der Waals surface area contributed by atoms with Crippen molar-refractivity contribution in [2.24, 2.45) is 0 Å². The summed E-state index contributed by atoms with van der Waals surface area (Å²) in [5.74, 6) is 0.0847. The summed E-state index contributed by atoms with van der Waals surface area (Å²) in [4.78, 5) is 28.0. The summed E-state index contributed by atoms with van der Waals surface area (Å²) in [5, 5.41) is 12.0. The van der Waals surface area contributed by atoms with Crippen LogP contribution < -0.4 is 5.32 Å². The Labute approximate surface area is 186 Å². The summed E-state index contributed by atoms with van der Waals surface area (Å²) in [6.07, 6.45) is 2.09. The SMILES string of the molecule is CN(C)C(=O)NCc1nnn2c1COC1(CCCN(C(=O)Cc3ccc(Cl)cc3)C1)C2. The molecule has 0 saturated carbocycles. The van der Waals surface area contributed by atoms with Gasteiger partial charge in [0, 0.05) is 25.7 Å². The molecule has 1 atom stereocenters. The molecule has 1 saturated heterocycles. The van der Waals surface area contributed by atoms with Crippen LogP contribution in [0.4, 0.5) is 4.79 Å². The lowest BCUT2D eigenvalue weighted by molar-refractivity contribution is -0.152. The van der Waals surface area contributed by atoms with Crippen LogP contribution >= 0.6 is 11.6 Å². The molecule has 0 bridgehead atoms. The van der Waals surface area contributed by atoms with Crippen molar-refractivity contribution < 1.29 is 14.3 Å². The fourth-order valence-electron chi connectivity index (χ4n) is 4.09. The Kier molecular flexibility index (Phi) is 6.15. The van der Waals surface area contributed by atoms with Crippen molar-refractivity contribution in [2.75, 3.05) is 27.2 Å². The van der Waals surface area contributed by atoms with Crippen LogP contribution in [0.3, 0.4) is 0 Å². The van der Waals surface area contributed by atoms with Gasteiger partial charge in [0.2, 0.25) is 5.91 Å². The Hall–Kier alpha value is -2.65. The van der Waals surface area contributed by atoms with E-state index in [1.807, 2.05) is 21.7 Å². The van der Waals surface area contributed by atoms with Crippen LogP contribution in [-0.2, 0) is 35.6 Å². The van der Waals surface area contributed by atoms with Gasteiger partial charge in [-0.1, -0.05) is 28.9 Å². The van der Waals surface area contributed by atoms with Crippen molar-refractivity contribution in [3.63, 3.8) is 0 Å². The molecule has 3 amide bonds. The van der Waals surface area contributed by atoms with E-state index in [-0.39, 0.29) is 11.9 Å². The monoisotopic (exact) mass is 446 g/mol. The topological polar surface area (TPSA) is 92.6 Å². The molecule has 166 valence electrons. The van der Waals surface area contributed by atoms with Crippen molar-refractivity contribution in [1.29, 1.82) is 0 Å². The van der Waals surface area contributed by atoms with Gasteiger partial charge >= 0.3 is 6.03 Å². The molecule has 3 heterocycles. The molecule has 1 spiro atoms. The molecular weight excluding hydrogens is 420 g/mol. The largest absolute Gasteiger partial charge is 0.365 e. The Morgan fingerprint density at radius 1 is 1.26 bits per heavy atom. The number of likely N-dealkylation sites (tertiary alicyclic amines) is 1. The number of benzene rings is 1. The summed E-state index contributed by atoms with van der Waals surface area (Å²) in [6, 6.07) is 7.19. The van der Waals surface area contributed by atoms with E-state index in [4.69, 9.17) is 16.3 Å². The van der Waals surface area contributed by atoms with Crippen LogP contribution in [0.2, 0.25) is 5.02 Å². The second-order valence-corrected chi connectivity index (χ2v) is 8.82. The number of urea groups is 1. The molecule has 2 aliphatic rings. The molecule has 1 fully saturated rings. The quantitative estimate of drug-likeness (QED) is 0.773. The molecule has 31 heavy (non-hydrogen) atoms. The van der Waals surface area contributed by atoms with Crippen LogP contribution in [0, 0.1) is 0 Å². The predicted octanol–water partition coefficient (Wildman–Crippen LogP) is 1.84. The molecule has 1 N–H and O–H groups in total. The number of piperidine rings is 1. The van der Waals surface area contributed by atoms with E-state index in [9.17, 15) is 9.59 Å². The Morgan fingerprint density at radius 3 is 2.77 bits per heavy atom. The van der Waals surface area contributed by atoms with E-state index in [2.05, 4.69) is 15.6 Å². The van der Waals surface area contributed by atoms with Gasteiger partial charge in [0.25, 0.3) is 0 Å². The third-order valence-corrected chi connectivity index (χ3v) is 6.10. The average molecular weight is 447 g/mol. The van der Waals surface area contributed by atoms with Crippen LogP contribution in [0.5, 0.6) is 0 Å². The number of ether oxygens (including phenoxy) is 1. The smallest absolute Gasteiger partial charge is 0.317 e. The zero-order valence-electron chi connectivity index (χ0n) is 17.8. The number of carbonyl (C=O) groups is 2. The maximum Gasteiger partial charge on any atom is 0.317 e. The maximum absolute atomic E-state index is 12.9. The number of fused-ring (bicyclic) bond motifs is 1. The minimum atomic E-state index is -0.460. The fourth-order valence-corrected chi connectivity index (χ4v) is 4.22. The number of hydrogen-bond donors (Lipinski definition) is 1. The van der Waals surface area contributed by atoms with E-state index in [1.54, 1.807) is 26.2 Å². The summed E-state index contributed by atoms with van der Waals surface area (Å²) in [5.41, 5.74) is 2.06. The molecule has 0 aliphatic carbocycles. The summed E-state index contributed by atoms with van der Waals surface area (Å²) in [7, 11) is 3.37. The third-order valence-electron chi connectivity index (χ3n) is 5.85. The number of amides is 3. The van der Waals surface area contributed by atoms with Gasteiger partial charge in [-0.2, -0.15) is 0 Å². The zero-order chi connectivity index (χ0) is 22.0. The molecule has 1 aromatic heterocycles. The van der Waals surface area contributed by atoms with E-state index in [0.717, 1.165) is 30.6 Å². The minimum Gasteiger partial charge on any atom is -0.365 e. The normalized spacial score (nSPS) is 20.4. The van der Waals surface area contributed by atoms with Gasteiger partial charge in [-0.3, -0.25) is 4.79 Å². The molecule has 2 aromatic rings. The van der Waals surface area contributed by atoms with Crippen molar-refractivity contribution in [3.8, 4) is 0 Å². The first-order chi connectivity index (χ1) is 14.8. The average Bonchev–Trinajstić information content (AvgIpc) is 3.15. The van der Waals surface area contributed by atoms with Gasteiger partial charge in [0.1, 0.15) is 11.3 Å². The second-order valence-electron chi connectivity index (χ2n) is 8.39. The van der Waals surface area contributed by atoms with Crippen LogP contribution in [-0.4, -0.2) is 69.5 Å². The van der Waals surface area contributed by atoms with Gasteiger partial charge in [-0.15, -0.1) is 5.10 Å². The third kappa shape index (κ3) is 4.83. The van der Waals surface area contributed by atoms with Gasteiger partial charge < -0.3 is 19.9 Å². The lowest BCUT2D eigenvalue weighted by atomic mass is 9.91. The second kappa shape index (κ2) is 8.84. The lowest BCUT2D eigenvalue weighted by Gasteiger charge is -2.44. The Morgan fingerprint density at radius 2 is 2.03 bits per heavy atom. The summed E-state index contributed by atoms with van der Waals surface area (Å²) >= 11 is 5.94. The highest BCUT2D eigenvalue weighted by Crippen LogP contribution is 2.32. The van der Waals surface area contributed by atoms with Crippen LogP contribution in [0.15, 0.2) is 24.3 Å². The Balaban J connectivity index is 1.40. The first kappa shape index (κ1) is 21.6. The first-order valence-corrected chi connectivity index (χ1v) is 10.8. The predicted molar refractivity (Wildman–Crippen MR) is 114 cm³/mol. The van der Waals surface area contributed by atoms with Gasteiger partial charge in [-0.05, 0) is 30.5 Å². The van der Waals surface area contributed by atoms with E-state index < -0.39 is 5.60 Å². The highest BCUT2D eigenvalue weighted by atomic mass is 35.5.